The van der Waals surface area contributed by atoms with Gasteiger partial charge in [0.25, 0.3) is 0 Å². The van der Waals surface area contributed by atoms with Crippen LogP contribution in [-0.2, 0) is 65.4 Å². The highest BCUT2D eigenvalue weighted by molar-refractivity contribution is 7.47. The number of unbranched alkanes of at least 4 members (excludes halogenated alkanes) is 36. The first-order valence-corrected chi connectivity index (χ1v) is 38.5. The first kappa shape index (κ1) is 85.1. The van der Waals surface area contributed by atoms with Crippen LogP contribution in [0.4, 0.5) is 0 Å². The summed E-state index contributed by atoms with van der Waals surface area (Å²) in [5.74, 6) is -0.575. The van der Waals surface area contributed by atoms with Gasteiger partial charge in [0.15, 0.2) is 12.2 Å². The van der Waals surface area contributed by atoms with Crippen LogP contribution in [0, 0.1) is 11.8 Å². The molecule has 0 spiro atoms. The molecule has 3 N–H and O–H groups in total. The third-order valence-corrected chi connectivity index (χ3v) is 18.0. The number of aliphatic hydroxyl groups excluding tert-OH is 1. The zero-order valence-corrected chi connectivity index (χ0v) is 58.1. The van der Waals surface area contributed by atoms with Gasteiger partial charge in [0.1, 0.15) is 19.3 Å². The van der Waals surface area contributed by atoms with Crippen LogP contribution in [0.2, 0.25) is 0 Å². The molecule has 87 heavy (non-hydrogen) atoms. The molecule has 19 heteroatoms. The molecule has 0 radical (unpaired) electrons. The van der Waals surface area contributed by atoms with E-state index in [1.54, 1.807) is 0 Å². The van der Waals surface area contributed by atoms with E-state index in [1.165, 1.54) is 154 Å². The van der Waals surface area contributed by atoms with Crippen molar-refractivity contribution in [3.63, 3.8) is 0 Å². The third-order valence-electron chi connectivity index (χ3n) is 16.1. The molecule has 0 rings (SSSR count). The number of phosphoric ester groups is 2. The Hall–Kier alpha value is -1.94. The highest BCUT2D eigenvalue weighted by atomic mass is 31.2. The van der Waals surface area contributed by atoms with Crippen molar-refractivity contribution in [1.82, 2.24) is 0 Å². The Kier molecular flexibility index (Phi) is 59.0. The van der Waals surface area contributed by atoms with E-state index in [9.17, 15) is 43.2 Å². The number of hydrogen-bond acceptors (Lipinski definition) is 15. The molecule has 516 valence electrons. The van der Waals surface area contributed by atoms with Gasteiger partial charge in [-0.05, 0) is 37.5 Å². The molecule has 0 saturated heterocycles. The van der Waals surface area contributed by atoms with Crippen LogP contribution in [0.3, 0.4) is 0 Å². The zero-order chi connectivity index (χ0) is 64.3. The fourth-order valence-corrected chi connectivity index (χ4v) is 11.8. The number of carbonyl (C=O) groups is 4. The lowest BCUT2D eigenvalue weighted by molar-refractivity contribution is -0.161. The molecule has 0 bridgehead atoms. The largest absolute Gasteiger partial charge is 0.472 e. The third kappa shape index (κ3) is 61.3. The summed E-state index contributed by atoms with van der Waals surface area (Å²) >= 11 is 0. The quantitative estimate of drug-likeness (QED) is 0.0222. The SMILES string of the molecule is CCCCCCCCCCCCCCCCCC(=O)O[C@H](COC(=O)CCCCCCCCCCCCC(C)CC)COP(=O)(O)OC[C@@H](O)COP(=O)(O)OC[C@@H](COC(=O)CCCCCCC)OC(=O)CCCCCCCCCCCCC(C)C. The molecule has 0 amide bonds. The summed E-state index contributed by atoms with van der Waals surface area (Å²) in [5, 5.41) is 10.5. The van der Waals surface area contributed by atoms with E-state index < -0.39 is 97.5 Å². The average Bonchev–Trinajstić information content (AvgIpc) is 3.70. The molecule has 0 aliphatic carbocycles. The van der Waals surface area contributed by atoms with Crippen LogP contribution in [0.15, 0.2) is 0 Å². The van der Waals surface area contributed by atoms with E-state index in [2.05, 4.69) is 41.5 Å². The molecule has 0 aliphatic rings. The summed E-state index contributed by atoms with van der Waals surface area (Å²) in [5.41, 5.74) is 0. The van der Waals surface area contributed by atoms with Crippen molar-refractivity contribution in [3.8, 4) is 0 Å². The van der Waals surface area contributed by atoms with Gasteiger partial charge >= 0.3 is 39.5 Å². The molecule has 0 aliphatic heterocycles. The van der Waals surface area contributed by atoms with E-state index >= 15 is 0 Å². The number of aliphatic hydroxyl groups is 1. The Balaban J connectivity index is 5.17. The van der Waals surface area contributed by atoms with Crippen LogP contribution in [0.1, 0.15) is 343 Å². The Bertz CT molecular complexity index is 1700. The molecule has 0 fully saturated rings. The first-order valence-electron chi connectivity index (χ1n) is 35.5. The second kappa shape index (κ2) is 60.3. The minimum Gasteiger partial charge on any atom is -0.462 e. The van der Waals surface area contributed by atoms with Crippen LogP contribution < -0.4 is 0 Å². The van der Waals surface area contributed by atoms with Crippen molar-refractivity contribution in [2.75, 3.05) is 39.6 Å². The van der Waals surface area contributed by atoms with Crippen molar-refractivity contribution in [3.05, 3.63) is 0 Å². The Morgan fingerprint density at radius 1 is 0.333 bits per heavy atom. The van der Waals surface area contributed by atoms with Gasteiger partial charge in [0, 0.05) is 25.7 Å². The van der Waals surface area contributed by atoms with Crippen molar-refractivity contribution in [2.45, 2.75) is 362 Å². The van der Waals surface area contributed by atoms with Gasteiger partial charge in [-0.1, -0.05) is 292 Å². The summed E-state index contributed by atoms with van der Waals surface area (Å²) in [6.45, 7) is 9.47. The summed E-state index contributed by atoms with van der Waals surface area (Å²) < 4.78 is 68.0. The van der Waals surface area contributed by atoms with Gasteiger partial charge in [-0.2, -0.15) is 0 Å². The van der Waals surface area contributed by atoms with Crippen LogP contribution in [0.5, 0.6) is 0 Å². The lowest BCUT2D eigenvalue weighted by Gasteiger charge is -2.21. The van der Waals surface area contributed by atoms with Gasteiger partial charge in [0.2, 0.25) is 0 Å². The molecule has 6 atom stereocenters. The van der Waals surface area contributed by atoms with Gasteiger partial charge < -0.3 is 33.8 Å². The van der Waals surface area contributed by atoms with Crippen molar-refractivity contribution >= 4 is 39.5 Å². The second-order valence-electron chi connectivity index (χ2n) is 25.3. The van der Waals surface area contributed by atoms with E-state index in [0.29, 0.717) is 25.7 Å². The number of rotatable bonds is 67. The van der Waals surface area contributed by atoms with Gasteiger partial charge in [-0.25, -0.2) is 9.13 Å². The Morgan fingerprint density at radius 2 is 0.586 bits per heavy atom. The molecule has 0 aromatic heterocycles. The number of carbonyl (C=O) groups excluding carboxylic acids is 4. The molecular formula is C68H132O17P2. The molecule has 0 saturated carbocycles. The molecule has 0 aromatic rings. The maximum atomic E-state index is 13.0. The van der Waals surface area contributed by atoms with Gasteiger partial charge in [-0.15, -0.1) is 0 Å². The van der Waals surface area contributed by atoms with Gasteiger partial charge in [-0.3, -0.25) is 37.3 Å². The highest BCUT2D eigenvalue weighted by Gasteiger charge is 2.30. The smallest absolute Gasteiger partial charge is 0.462 e. The average molecular weight is 1280 g/mol. The van der Waals surface area contributed by atoms with Crippen molar-refractivity contribution in [1.29, 1.82) is 0 Å². The van der Waals surface area contributed by atoms with Crippen LogP contribution in [-0.4, -0.2) is 96.7 Å². The standard InChI is InChI=1S/C68H132O17P2/c1-7-10-12-14-15-16-17-18-19-20-21-29-34-40-46-52-68(73)85-64(57-79-66(71)51-45-39-33-28-25-23-27-32-38-43-49-61(6)9-3)59-83-87(76,77)81-55-62(69)54-80-86(74,75)82-58-63(56-78-65(70)50-44-36-13-11-8-2)84-67(72)53-47-41-35-30-24-22-26-31-37-42-48-60(4)5/h60-64,69H,7-59H2,1-6H3,(H,74,75)(H,76,77)/t61?,62-,63+,64+/m0/s1. The van der Waals surface area contributed by atoms with Crippen molar-refractivity contribution < 1.29 is 80.2 Å². The monoisotopic (exact) mass is 1280 g/mol. The van der Waals surface area contributed by atoms with Crippen molar-refractivity contribution in [2.24, 2.45) is 11.8 Å². The van der Waals surface area contributed by atoms with E-state index in [-0.39, 0.29) is 25.7 Å². The van der Waals surface area contributed by atoms with E-state index in [0.717, 1.165) is 108 Å². The van der Waals surface area contributed by atoms with Crippen LogP contribution >= 0.6 is 15.6 Å². The molecular weight excluding hydrogens is 1150 g/mol. The summed E-state index contributed by atoms with van der Waals surface area (Å²) in [6, 6.07) is 0. The maximum Gasteiger partial charge on any atom is 0.472 e. The highest BCUT2D eigenvalue weighted by Crippen LogP contribution is 2.45. The van der Waals surface area contributed by atoms with Gasteiger partial charge in [0.05, 0.1) is 26.4 Å². The molecule has 0 heterocycles. The summed E-state index contributed by atoms with van der Waals surface area (Å²) in [4.78, 5) is 72.2. The fourth-order valence-electron chi connectivity index (χ4n) is 10.2. The summed E-state index contributed by atoms with van der Waals surface area (Å²) in [7, 11) is -9.89. The lowest BCUT2D eigenvalue weighted by Crippen LogP contribution is -2.30. The predicted octanol–water partition coefficient (Wildman–Crippen LogP) is 19.2. The topological polar surface area (TPSA) is 237 Å². The number of ether oxygens (including phenoxy) is 4. The Morgan fingerprint density at radius 3 is 0.874 bits per heavy atom. The second-order valence-corrected chi connectivity index (χ2v) is 28.2. The van der Waals surface area contributed by atoms with E-state index in [4.69, 9.17) is 37.0 Å². The minimum absolute atomic E-state index is 0.105. The number of phosphoric acid groups is 2. The first-order chi connectivity index (χ1) is 41.9. The number of hydrogen-bond donors (Lipinski definition) is 3. The molecule has 17 nitrogen and oxygen atoms in total. The molecule has 0 aromatic carbocycles. The predicted molar refractivity (Wildman–Crippen MR) is 349 cm³/mol. The normalized spacial score (nSPS) is 14.5. The lowest BCUT2D eigenvalue weighted by atomic mass is 9.99. The zero-order valence-electron chi connectivity index (χ0n) is 56.3. The maximum absolute atomic E-state index is 13.0. The fraction of sp³-hybridized carbons (Fsp3) is 0.941. The van der Waals surface area contributed by atoms with E-state index in [1.807, 2.05) is 0 Å². The summed E-state index contributed by atoms with van der Waals surface area (Å²) in [6.07, 6.45) is 44.7. The minimum atomic E-state index is -4.95. The Labute approximate surface area is 530 Å². The van der Waals surface area contributed by atoms with Crippen LogP contribution in [0.25, 0.3) is 0 Å². The number of esters is 4. The molecule has 3 unspecified atom stereocenters.